The molecular weight excluding hydrogens is 246 g/mol. The molecule has 2 rings (SSSR count). The fraction of sp³-hybridized carbons (Fsp3) is 0.538. The van der Waals surface area contributed by atoms with Crippen LogP contribution in [-0.2, 0) is 11.4 Å². The minimum atomic E-state index is -0.374. The summed E-state index contributed by atoms with van der Waals surface area (Å²) in [7, 11) is 1.69. The molecule has 0 bridgehead atoms. The van der Waals surface area contributed by atoms with E-state index in [1.54, 1.807) is 19.2 Å². The van der Waals surface area contributed by atoms with E-state index in [0.717, 1.165) is 38.3 Å². The van der Waals surface area contributed by atoms with Gasteiger partial charge in [-0.15, -0.1) is 0 Å². The summed E-state index contributed by atoms with van der Waals surface area (Å²) >= 11 is 0. The van der Waals surface area contributed by atoms with E-state index in [-0.39, 0.29) is 18.0 Å². The van der Waals surface area contributed by atoms with Crippen LogP contribution in [0.15, 0.2) is 24.3 Å². The summed E-state index contributed by atoms with van der Waals surface area (Å²) in [4.78, 5) is 17.7. The maximum atomic E-state index is 10.5. The molecule has 0 amide bonds. The second kappa shape index (κ2) is 7.18. The summed E-state index contributed by atoms with van der Waals surface area (Å²) < 4.78 is 0. The summed E-state index contributed by atoms with van der Waals surface area (Å²) in [6.45, 7) is 4.51. The standard InChI is InChI=1S/C12H17N3O3.CH4/c1-18-14-8-6-13(7-9-14)10-11-2-4-12(5-3-11)15(16)17;/h2-5H,6-10H2,1H3;1H4. The van der Waals surface area contributed by atoms with Crippen molar-refractivity contribution in [2.45, 2.75) is 14.0 Å². The summed E-state index contributed by atoms with van der Waals surface area (Å²) in [6, 6.07) is 6.75. The molecule has 0 aliphatic carbocycles. The van der Waals surface area contributed by atoms with Gasteiger partial charge in [0.1, 0.15) is 0 Å². The predicted octanol–water partition coefficient (Wildman–Crippen LogP) is 1.91. The van der Waals surface area contributed by atoms with Crippen molar-refractivity contribution in [1.82, 2.24) is 9.96 Å². The average Bonchev–Trinajstić information content (AvgIpc) is 2.40. The smallest absolute Gasteiger partial charge is 0.269 e. The highest BCUT2D eigenvalue weighted by Gasteiger charge is 2.16. The maximum absolute atomic E-state index is 10.5. The molecule has 1 aromatic rings. The Balaban J connectivity index is 0.00000180. The molecule has 0 unspecified atom stereocenters. The molecule has 6 heteroatoms. The lowest BCUT2D eigenvalue weighted by molar-refractivity contribution is -0.384. The molecule has 1 fully saturated rings. The number of nitrogens with zero attached hydrogens (tertiary/aromatic N) is 3. The Morgan fingerprint density at radius 1 is 1.21 bits per heavy atom. The zero-order valence-corrected chi connectivity index (χ0v) is 10.4. The number of benzene rings is 1. The Morgan fingerprint density at radius 2 is 1.79 bits per heavy atom. The third kappa shape index (κ3) is 4.27. The Bertz CT molecular complexity index is 400. The van der Waals surface area contributed by atoms with E-state index in [9.17, 15) is 10.1 Å². The average molecular weight is 267 g/mol. The van der Waals surface area contributed by atoms with Gasteiger partial charge in [-0.25, -0.2) is 0 Å². The van der Waals surface area contributed by atoms with Gasteiger partial charge >= 0.3 is 0 Å². The lowest BCUT2D eigenvalue weighted by atomic mass is 10.2. The molecule has 19 heavy (non-hydrogen) atoms. The van der Waals surface area contributed by atoms with Crippen molar-refractivity contribution in [2.75, 3.05) is 33.3 Å². The molecule has 0 radical (unpaired) electrons. The third-order valence-electron chi connectivity index (χ3n) is 3.14. The lowest BCUT2D eigenvalue weighted by Gasteiger charge is -2.32. The van der Waals surface area contributed by atoms with E-state index in [1.807, 2.05) is 17.2 Å². The molecule has 0 saturated carbocycles. The van der Waals surface area contributed by atoms with E-state index in [2.05, 4.69) is 4.90 Å². The van der Waals surface area contributed by atoms with E-state index >= 15 is 0 Å². The first kappa shape index (κ1) is 15.6. The molecule has 0 N–H and O–H groups in total. The molecule has 1 heterocycles. The number of hydrogen-bond donors (Lipinski definition) is 0. The van der Waals surface area contributed by atoms with Crippen LogP contribution in [0.5, 0.6) is 0 Å². The molecule has 0 spiro atoms. The highest BCUT2D eigenvalue weighted by molar-refractivity contribution is 5.32. The summed E-state index contributed by atoms with van der Waals surface area (Å²) in [5.41, 5.74) is 1.24. The van der Waals surface area contributed by atoms with Crippen molar-refractivity contribution in [1.29, 1.82) is 0 Å². The first-order valence-electron chi connectivity index (χ1n) is 5.94. The number of hydroxylamine groups is 2. The zero-order valence-electron chi connectivity index (χ0n) is 10.4. The molecular formula is C13H21N3O3. The van der Waals surface area contributed by atoms with Gasteiger partial charge in [0.15, 0.2) is 0 Å². The third-order valence-corrected chi connectivity index (χ3v) is 3.14. The number of hydrogen-bond acceptors (Lipinski definition) is 5. The predicted molar refractivity (Wildman–Crippen MR) is 73.7 cm³/mol. The van der Waals surface area contributed by atoms with Gasteiger partial charge in [-0.2, -0.15) is 5.06 Å². The molecule has 1 saturated heterocycles. The van der Waals surface area contributed by atoms with Gasteiger partial charge in [-0.05, 0) is 5.56 Å². The number of nitro benzene ring substituents is 1. The lowest BCUT2D eigenvalue weighted by Crippen LogP contribution is -2.45. The Labute approximate surface area is 113 Å². The van der Waals surface area contributed by atoms with E-state index in [0.29, 0.717) is 0 Å². The normalized spacial score (nSPS) is 16.9. The zero-order chi connectivity index (χ0) is 13.0. The van der Waals surface area contributed by atoms with Gasteiger partial charge in [0.25, 0.3) is 5.69 Å². The van der Waals surface area contributed by atoms with Gasteiger partial charge in [0.2, 0.25) is 0 Å². The van der Waals surface area contributed by atoms with Crippen LogP contribution in [0.25, 0.3) is 0 Å². The second-order valence-corrected chi connectivity index (χ2v) is 4.31. The fourth-order valence-electron chi connectivity index (χ4n) is 2.05. The number of non-ortho nitro benzene ring substituents is 1. The van der Waals surface area contributed by atoms with Gasteiger partial charge in [-0.1, -0.05) is 19.6 Å². The van der Waals surface area contributed by atoms with Crippen LogP contribution in [0.2, 0.25) is 0 Å². The molecule has 106 valence electrons. The van der Waals surface area contributed by atoms with Crippen molar-refractivity contribution >= 4 is 5.69 Å². The van der Waals surface area contributed by atoms with Crippen molar-refractivity contribution < 1.29 is 9.76 Å². The molecule has 1 aliphatic heterocycles. The van der Waals surface area contributed by atoms with Crippen LogP contribution in [0.1, 0.15) is 13.0 Å². The van der Waals surface area contributed by atoms with Crippen LogP contribution >= 0.6 is 0 Å². The molecule has 0 atom stereocenters. The summed E-state index contributed by atoms with van der Waals surface area (Å²) in [5, 5.41) is 12.5. The maximum Gasteiger partial charge on any atom is 0.269 e. The minimum Gasteiger partial charge on any atom is -0.302 e. The first-order valence-corrected chi connectivity index (χ1v) is 5.94. The van der Waals surface area contributed by atoms with Gasteiger partial charge in [0, 0.05) is 44.9 Å². The number of rotatable bonds is 4. The van der Waals surface area contributed by atoms with Crippen LogP contribution in [-0.4, -0.2) is 48.2 Å². The number of piperazine rings is 1. The van der Waals surface area contributed by atoms with E-state index < -0.39 is 0 Å². The van der Waals surface area contributed by atoms with Crippen molar-refractivity contribution in [3.63, 3.8) is 0 Å². The van der Waals surface area contributed by atoms with Crippen molar-refractivity contribution in [3.05, 3.63) is 39.9 Å². The van der Waals surface area contributed by atoms with Crippen molar-refractivity contribution in [3.8, 4) is 0 Å². The fourth-order valence-corrected chi connectivity index (χ4v) is 2.05. The number of nitro groups is 1. The highest BCUT2D eigenvalue weighted by Crippen LogP contribution is 2.14. The largest absolute Gasteiger partial charge is 0.302 e. The SMILES string of the molecule is C.CON1CCN(Cc2ccc([N+](=O)[O-])cc2)CC1. The van der Waals surface area contributed by atoms with Gasteiger partial charge < -0.3 is 4.84 Å². The van der Waals surface area contributed by atoms with E-state index in [4.69, 9.17) is 4.84 Å². The monoisotopic (exact) mass is 267 g/mol. The second-order valence-electron chi connectivity index (χ2n) is 4.31. The highest BCUT2D eigenvalue weighted by atomic mass is 16.7. The Morgan fingerprint density at radius 3 is 2.26 bits per heavy atom. The topological polar surface area (TPSA) is 58.8 Å². The minimum absolute atomic E-state index is 0. The molecule has 6 nitrogen and oxygen atoms in total. The first-order chi connectivity index (χ1) is 8.69. The molecule has 0 aromatic heterocycles. The van der Waals surface area contributed by atoms with Gasteiger partial charge in [-0.3, -0.25) is 15.0 Å². The molecule has 1 aliphatic rings. The summed E-state index contributed by atoms with van der Waals surface area (Å²) in [5.74, 6) is 0. The Hall–Kier alpha value is -1.50. The summed E-state index contributed by atoms with van der Waals surface area (Å²) in [6.07, 6.45) is 0. The van der Waals surface area contributed by atoms with Crippen LogP contribution in [0.4, 0.5) is 5.69 Å². The quantitative estimate of drug-likeness (QED) is 0.616. The molecule has 1 aromatic carbocycles. The van der Waals surface area contributed by atoms with Crippen LogP contribution < -0.4 is 0 Å². The van der Waals surface area contributed by atoms with Crippen LogP contribution in [0.3, 0.4) is 0 Å². The van der Waals surface area contributed by atoms with E-state index in [1.165, 1.54) is 0 Å². The van der Waals surface area contributed by atoms with Crippen molar-refractivity contribution in [2.24, 2.45) is 0 Å². The van der Waals surface area contributed by atoms with Crippen LogP contribution in [0, 0.1) is 10.1 Å². The van der Waals surface area contributed by atoms with Gasteiger partial charge in [0.05, 0.1) is 12.0 Å². The Kier molecular flexibility index (Phi) is 5.88.